The number of benzene rings is 2. The SMILES string of the molecule is O=C(O)CN(CC1CC1)C(=O)c1nonc1NC(=O)OCC1c2ccccc2-c2ccccc21. The molecule has 1 aromatic heterocycles. The Balaban J connectivity index is 1.26. The number of hydrogen-bond acceptors (Lipinski definition) is 7. The third-order valence-electron chi connectivity index (χ3n) is 6.04. The molecule has 174 valence electrons. The van der Waals surface area contributed by atoms with Crippen molar-refractivity contribution >= 4 is 23.8 Å². The fourth-order valence-electron chi connectivity index (χ4n) is 4.29. The van der Waals surface area contributed by atoms with Crippen LogP contribution in [0.25, 0.3) is 11.1 Å². The van der Waals surface area contributed by atoms with Crippen LogP contribution < -0.4 is 5.32 Å². The van der Waals surface area contributed by atoms with Crippen LogP contribution >= 0.6 is 0 Å². The summed E-state index contributed by atoms with van der Waals surface area (Å²) in [5, 5.41) is 18.7. The molecule has 2 aliphatic carbocycles. The summed E-state index contributed by atoms with van der Waals surface area (Å²) in [5.41, 5.74) is 4.08. The highest BCUT2D eigenvalue weighted by atomic mass is 16.6. The Morgan fingerprint density at radius 1 is 1.03 bits per heavy atom. The van der Waals surface area contributed by atoms with Crippen LogP contribution in [0, 0.1) is 5.92 Å². The maximum absolute atomic E-state index is 12.9. The molecule has 10 heteroatoms. The molecule has 2 aromatic carbocycles. The zero-order valence-electron chi connectivity index (χ0n) is 18.1. The van der Waals surface area contributed by atoms with Gasteiger partial charge in [0.2, 0.25) is 11.5 Å². The third kappa shape index (κ3) is 4.34. The summed E-state index contributed by atoms with van der Waals surface area (Å²) in [6.07, 6.45) is 1.05. The number of aromatic nitrogens is 2. The summed E-state index contributed by atoms with van der Waals surface area (Å²) in [6, 6.07) is 15.9. The number of anilines is 1. The predicted molar refractivity (Wildman–Crippen MR) is 119 cm³/mol. The molecular weight excluding hydrogens is 440 g/mol. The Labute approximate surface area is 194 Å². The van der Waals surface area contributed by atoms with Crippen LogP contribution in [0.4, 0.5) is 10.6 Å². The van der Waals surface area contributed by atoms with E-state index in [9.17, 15) is 14.4 Å². The van der Waals surface area contributed by atoms with Crippen LogP contribution in [0.1, 0.15) is 40.4 Å². The molecule has 10 nitrogen and oxygen atoms in total. The molecule has 0 aliphatic heterocycles. The number of carbonyl (C=O) groups is 3. The van der Waals surface area contributed by atoms with E-state index in [1.165, 1.54) is 4.90 Å². The molecule has 2 N–H and O–H groups in total. The van der Waals surface area contributed by atoms with Crippen molar-refractivity contribution < 1.29 is 28.9 Å². The van der Waals surface area contributed by atoms with E-state index < -0.39 is 24.5 Å². The number of amides is 2. The van der Waals surface area contributed by atoms with E-state index in [1.807, 2.05) is 48.5 Å². The summed E-state index contributed by atoms with van der Waals surface area (Å²) >= 11 is 0. The number of aliphatic carboxylic acids is 1. The normalized spacial score (nSPS) is 14.2. The average molecular weight is 462 g/mol. The Bertz CT molecular complexity index is 1210. The molecule has 1 saturated carbocycles. The van der Waals surface area contributed by atoms with Crippen molar-refractivity contribution in [1.82, 2.24) is 15.2 Å². The monoisotopic (exact) mass is 462 g/mol. The van der Waals surface area contributed by atoms with Crippen LogP contribution in [-0.4, -0.2) is 58.0 Å². The van der Waals surface area contributed by atoms with Crippen LogP contribution in [0.2, 0.25) is 0 Å². The number of carboxylic acid groups (broad SMARTS) is 1. The van der Waals surface area contributed by atoms with E-state index in [1.54, 1.807) is 0 Å². The standard InChI is InChI=1S/C24H22N4O6/c29-20(30)12-28(11-14-9-10-14)23(31)21-22(27-34-26-21)25-24(32)33-13-19-17-7-3-1-5-15(17)16-6-2-4-8-18(16)19/h1-8,14,19H,9-13H2,(H,29,30)(H,25,27,32). The molecule has 3 aromatic rings. The summed E-state index contributed by atoms with van der Waals surface area (Å²) in [4.78, 5) is 37.8. The van der Waals surface area contributed by atoms with Crippen LogP contribution in [0.3, 0.4) is 0 Å². The van der Waals surface area contributed by atoms with Crippen molar-refractivity contribution in [1.29, 1.82) is 0 Å². The van der Waals surface area contributed by atoms with E-state index in [2.05, 4.69) is 20.3 Å². The summed E-state index contributed by atoms with van der Waals surface area (Å²) in [5.74, 6) is -1.89. The van der Waals surface area contributed by atoms with E-state index in [0.29, 0.717) is 6.54 Å². The highest BCUT2D eigenvalue weighted by Gasteiger charge is 2.33. The first-order chi connectivity index (χ1) is 16.5. The second-order valence-electron chi connectivity index (χ2n) is 8.43. The van der Waals surface area contributed by atoms with Gasteiger partial charge in [-0.25, -0.2) is 9.42 Å². The van der Waals surface area contributed by atoms with E-state index in [-0.39, 0.29) is 30.0 Å². The van der Waals surface area contributed by atoms with Gasteiger partial charge in [-0.2, -0.15) is 0 Å². The number of carbonyl (C=O) groups excluding carboxylic acids is 2. The highest BCUT2D eigenvalue weighted by Crippen LogP contribution is 2.44. The topological polar surface area (TPSA) is 135 Å². The second kappa shape index (κ2) is 8.97. The van der Waals surface area contributed by atoms with E-state index in [0.717, 1.165) is 35.1 Å². The fraction of sp³-hybridized carbons (Fsp3) is 0.292. The number of nitrogens with zero attached hydrogens (tertiary/aromatic N) is 3. The van der Waals surface area contributed by atoms with Gasteiger partial charge in [0, 0.05) is 12.5 Å². The maximum atomic E-state index is 12.9. The second-order valence-corrected chi connectivity index (χ2v) is 8.43. The minimum absolute atomic E-state index is 0.0846. The Morgan fingerprint density at radius 2 is 1.68 bits per heavy atom. The summed E-state index contributed by atoms with van der Waals surface area (Å²) in [6.45, 7) is -0.101. The Kier molecular flexibility index (Phi) is 5.70. The van der Waals surface area contributed by atoms with Gasteiger partial charge in [0.15, 0.2) is 0 Å². The van der Waals surface area contributed by atoms with E-state index >= 15 is 0 Å². The van der Waals surface area contributed by atoms with Crippen LogP contribution in [0.15, 0.2) is 53.2 Å². The van der Waals surface area contributed by atoms with Gasteiger partial charge >= 0.3 is 12.1 Å². The van der Waals surface area contributed by atoms with Gasteiger partial charge in [-0.15, -0.1) is 0 Å². The van der Waals surface area contributed by atoms with Crippen molar-refractivity contribution in [2.24, 2.45) is 5.92 Å². The lowest BCUT2D eigenvalue weighted by Gasteiger charge is -2.19. The minimum atomic E-state index is -1.14. The smallest absolute Gasteiger partial charge is 0.412 e. The molecule has 2 amide bonds. The quantitative estimate of drug-likeness (QED) is 0.520. The number of fused-ring (bicyclic) bond motifs is 3. The van der Waals surface area contributed by atoms with E-state index in [4.69, 9.17) is 9.84 Å². The van der Waals surface area contributed by atoms with Crippen molar-refractivity contribution in [2.75, 3.05) is 25.0 Å². The molecule has 1 heterocycles. The minimum Gasteiger partial charge on any atom is -0.480 e. The number of ether oxygens (including phenoxy) is 1. The predicted octanol–water partition coefficient (Wildman–Crippen LogP) is 3.37. The largest absolute Gasteiger partial charge is 0.480 e. The van der Waals surface area contributed by atoms with Crippen molar-refractivity contribution in [3.63, 3.8) is 0 Å². The lowest BCUT2D eigenvalue weighted by Crippen LogP contribution is -2.37. The molecule has 2 aliphatic rings. The van der Waals surface area contributed by atoms with Gasteiger partial charge in [-0.05, 0) is 51.3 Å². The van der Waals surface area contributed by atoms with Gasteiger partial charge < -0.3 is 14.7 Å². The number of rotatable bonds is 8. The maximum Gasteiger partial charge on any atom is 0.412 e. The lowest BCUT2D eigenvalue weighted by molar-refractivity contribution is -0.137. The lowest BCUT2D eigenvalue weighted by atomic mass is 9.98. The zero-order chi connectivity index (χ0) is 23.7. The molecule has 0 spiro atoms. The van der Waals surface area contributed by atoms with Gasteiger partial charge in [0.05, 0.1) is 0 Å². The number of hydrogen-bond donors (Lipinski definition) is 2. The molecule has 0 atom stereocenters. The summed E-state index contributed by atoms with van der Waals surface area (Å²) in [7, 11) is 0. The fourth-order valence-corrected chi connectivity index (χ4v) is 4.29. The number of nitrogens with one attached hydrogen (secondary N) is 1. The first kappa shape index (κ1) is 21.6. The molecule has 34 heavy (non-hydrogen) atoms. The first-order valence-electron chi connectivity index (χ1n) is 11.0. The van der Waals surface area contributed by atoms with Gasteiger partial charge in [-0.3, -0.25) is 14.9 Å². The zero-order valence-corrected chi connectivity index (χ0v) is 18.1. The average Bonchev–Trinajstić information content (AvgIpc) is 3.43. The Hall–Kier alpha value is -4.21. The molecule has 0 unspecified atom stereocenters. The first-order valence-corrected chi connectivity index (χ1v) is 11.0. The number of carboxylic acids is 1. The molecule has 0 bridgehead atoms. The molecule has 5 rings (SSSR count). The molecule has 0 radical (unpaired) electrons. The molecule has 1 fully saturated rings. The van der Waals surface area contributed by atoms with Crippen LogP contribution in [-0.2, 0) is 9.53 Å². The molecular formula is C24H22N4O6. The van der Waals surface area contributed by atoms with Crippen molar-refractivity contribution in [3.8, 4) is 11.1 Å². The van der Waals surface area contributed by atoms with Crippen LogP contribution in [0.5, 0.6) is 0 Å². The van der Waals surface area contributed by atoms with Gasteiger partial charge in [-0.1, -0.05) is 48.5 Å². The summed E-state index contributed by atoms with van der Waals surface area (Å²) < 4.78 is 10.1. The Morgan fingerprint density at radius 3 is 2.29 bits per heavy atom. The highest BCUT2D eigenvalue weighted by molar-refractivity contribution is 6.00. The third-order valence-corrected chi connectivity index (χ3v) is 6.04. The van der Waals surface area contributed by atoms with Gasteiger partial charge in [0.1, 0.15) is 13.2 Å². The van der Waals surface area contributed by atoms with Crippen molar-refractivity contribution in [3.05, 3.63) is 65.4 Å². The van der Waals surface area contributed by atoms with Crippen molar-refractivity contribution in [2.45, 2.75) is 18.8 Å². The van der Waals surface area contributed by atoms with Gasteiger partial charge in [0.25, 0.3) is 5.91 Å². The molecule has 0 saturated heterocycles.